The maximum absolute atomic E-state index is 12.7. The molecule has 3 N–H and O–H groups in total. The molecule has 1 aromatic heterocycles. The van der Waals surface area contributed by atoms with E-state index in [2.05, 4.69) is 26.1 Å². The first-order chi connectivity index (χ1) is 14.6. The first kappa shape index (κ1) is 18.7. The van der Waals surface area contributed by atoms with E-state index in [4.69, 9.17) is 4.42 Å². The Kier molecular flexibility index (Phi) is 4.70. The molecule has 0 saturated carbocycles. The van der Waals surface area contributed by atoms with Crippen LogP contribution in [-0.4, -0.2) is 52.0 Å². The smallest absolute Gasteiger partial charge is 0.315 e. The van der Waals surface area contributed by atoms with E-state index in [-0.39, 0.29) is 24.2 Å². The van der Waals surface area contributed by atoms with Gasteiger partial charge in [-0.3, -0.25) is 19.7 Å². The predicted molar refractivity (Wildman–Crippen MR) is 104 cm³/mol. The normalized spacial score (nSPS) is 23.6. The minimum absolute atomic E-state index is 0.175. The molecule has 30 heavy (non-hydrogen) atoms. The molecule has 2 saturated heterocycles. The quantitative estimate of drug-likeness (QED) is 0.609. The molecule has 4 heterocycles. The van der Waals surface area contributed by atoms with Crippen molar-refractivity contribution < 1.29 is 18.8 Å². The Morgan fingerprint density at radius 3 is 2.90 bits per heavy atom. The van der Waals surface area contributed by atoms with Crippen LogP contribution < -0.4 is 16.0 Å². The zero-order valence-electron chi connectivity index (χ0n) is 16.3. The number of amides is 3. The molecule has 2 unspecified atom stereocenters. The van der Waals surface area contributed by atoms with E-state index in [0.29, 0.717) is 37.0 Å². The molecule has 0 aliphatic carbocycles. The van der Waals surface area contributed by atoms with Crippen molar-refractivity contribution in [3.63, 3.8) is 0 Å². The molecule has 0 spiro atoms. The number of piperidine rings is 1. The minimum atomic E-state index is -0.605. The van der Waals surface area contributed by atoms with Gasteiger partial charge < -0.3 is 20.0 Å². The molecule has 0 bridgehead atoms. The third-order valence-electron chi connectivity index (χ3n) is 5.88. The number of rotatable bonds is 5. The minimum Gasteiger partial charge on any atom is -0.408 e. The van der Waals surface area contributed by atoms with Gasteiger partial charge in [-0.1, -0.05) is 17.2 Å². The second kappa shape index (κ2) is 7.52. The van der Waals surface area contributed by atoms with Crippen LogP contribution in [0.15, 0.2) is 22.6 Å². The Morgan fingerprint density at radius 2 is 2.10 bits per heavy atom. The zero-order valence-corrected chi connectivity index (χ0v) is 16.3. The predicted octanol–water partition coefficient (Wildman–Crippen LogP) is 0.520. The maximum atomic E-state index is 12.7. The molecule has 1 aromatic carbocycles. The number of imide groups is 1. The van der Waals surface area contributed by atoms with E-state index >= 15 is 0 Å². The van der Waals surface area contributed by atoms with Gasteiger partial charge in [-0.25, -0.2) is 0 Å². The monoisotopic (exact) mass is 410 g/mol. The van der Waals surface area contributed by atoms with Crippen molar-refractivity contribution in [3.8, 4) is 0 Å². The summed E-state index contributed by atoms with van der Waals surface area (Å²) in [4.78, 5) is 37.8. The molecule has 10 heteroatoms. The number of nitrogens with one attached hydrogen (secondary N) is 3. The van der Waals surface area contributed by atoms with E-state index < -0.39 is 11.9 Å². The molecule has 5 rings (SSSR count). The Hall–Kier alpha value is -3.27. The summed E-state index contributed by atoms with van der Waals surface area (Å²) in [6, 6.07) is 5.37. The molecule has 3 amide bonds. The van der Waals surface area contributed by atoms with Crippen molar-refractivity contribution in [2.45, 2.75) is 44.3 Å². The summed E-state index contributed by atoms with van der Waals surface area (Å²) in [6.07, 6.45) is 1.59. The van der Waals surface area contributed by atoms with Gasteiger partial charge in [0.1, 0.15) is 6.04 Å². The number of anilines is 1. The molecule has 2 atom stereocenters. The molecule has 156 valence electrons. The Labute approximate surface area is 172 Å². The number of aromatic nitrogens is 2. The second-order valence-electron chi connectivity index (χ2n) is 7.88. The average molecular weight is 410 g/mol. The lowest BCUT2D eigenvalue weighted by atomic mass is 10.0. The Morgan fingerprint density at radius 1 is 1.20 bits per heavy atom. The van der Waals surface area contributed by atoms with E-state index in [1.165, 1.54) is 0 Å². The SMILES string of the molecule is O=C1CCC(N2Cc3cc(CNc4nnc(C5CCNC5)o4)ccc3C2=O)C(=O)N1. The Balaban J connectivity index is 1.24. The van der Waals surface area contributed by atoms with Gasteiger partial charge in [0.25, 0.3) is 5.91 Å². The lowest BCUT2D eigenvalue weighted by Crippen LogP contribution is -2.52. The number of hydrogen-bond donors (Lipinski definition) is 3. The second-order valence-corrected chi connectivity index (χ2v) is 7.88. The maximum Gasteiger partial charge on any atom is 0.315 e. The number of hydrogen-bond acceptors (Lipinski definition) is 8. The first-order valence-electron chi connectivity index (χ1n) is 10.1. The third-order valence-corrected chi connectivity index (χ3v) is 5.88. The fourth-order valence-electron chi connectivity index (χ4n) is 4.25. The summed E-state index contributed by atoms with van der Waals surface area (Å²) in [5, 5.41) is 16.9. The van der Waals surface area contributed by atoms with Crippen LogP contribution in [0.5, 0.6) is 0 Å². The Bertz CT molecular complexity index is 1010. The molecule has 2 fully saturated rings. The molecule has 2 aromatic rings. The van der Waals surface area contributed by atoms with Crippen LogP contribution in [0.2, 0.25) is 0 Å². The van der Waals surface area contributed by atoms with Crippen LogP contribution in [0.3, 0.4) is 0 Å². The van der Waals surface area contributed by atoms with Gasteiger partial charge in [-0.15, -0.1) is 5.10 Å². The molecule has 3 aliphatic heterocycles. The fraction of sp³-hybridized carbons (Fsp3) is 0.450. The lowest BCUT2D eigenvalue weighted by Gasteiger charge is -2.29. The number of fused-ring (bicyclic) bond motifs is 1. The summed E-state index contributed by atoms with van der Waals surface area (Å²) in [6.45, 7) is 2.64. The van der Waals surface area contributed by atoms with Crippen LogP contribution >= 0.6 is 0 Å². The van der Waals surface area contributed by atoms with Crippen molar-refractivity contribution in [1.29, 1.82) is 0 Å². The van der Waals surface area contributed by atoms with Crippen LogP contribution in [0.25, 0.3) is 0 Å². The largest absolute Gasteiger partial charge is 0.408 e. The van der Waals surface area contributed by atoms with Gasteiger partial charge in [0.15, 0.2) is 0 Å². The summed E-state index contributed by atoms with van der Waals surface area (Å²) in [7, 11) is 0. The van der Waals surface area contributed by atoms with Crippen molar-refractivity contribution in [2.75, 3.05) is 18.4 Å². The lowest BCUT2D eigenvalue weighted by molar-refractivity contribution is -0.136. The highest BCUT2D eigenvalue weighted by Gasteiger charge is 2.39. The topological polar surface area (TPSA) is 129 Å². The summed E-state index contributed by atoms with van der Waals surface area (Å²) < 4.78 is 5.71. The van der Waals surface area contributed by atoms with Crippen LogP contribution in [0.4, 0.5) is 6.01 Å². The number of carbonyl (C=O) groups is 3. The molecular weight excluding hydrogens is 388 g/mol. The van der Waals surface area contributed by atoms with E-state index in [9.17, 15) is 14.4 Å². The summed E-state index contributed by atoms with van der Waals surface area (Å²) >= 11 is 0. The number of benzene rings is 1. The summed E-state index contributed by atoms with van der Waals surface area (Å²) in [5.41, 5.74) is 2.43. The van der Waals surface area contributed by atoms with Crippen LogP contribution in [0, 0.1) is 0 Å². The van der Waals surface area contributed by atoms with Gasteiger partial charge in [0, 0.05) is 31.6 Å². The summed E-state index contributed by atoms with van der Waals surface area (Å²) in [5.74, 6) is 0.0334. The standard InChI is InChI=1S/C20H22N6O4/c27-16-4-3-15(17(28)23-16)26-10-13-7-11(1-2-14(13)19(26)29)8-22-20-25-24-18(30-20)12-5-6-21-9-12/h1-2,7,12,15,21H,3-6,8-10H2,(H,22,25)(H,23,27,28). The van der Waals surface area contributed by atoms with Gasteiger partial charge in [-0.05, 0) is 36.6 Å². The molecule has 3 aliphatic rings. The van der Waals surface area contributed by atoms with E-state index in [1.807, 2.05) is 12.1 Å². The van der Waals surface area contributed by atoms with Gasteiger partial charge in [-0.2, -0.15) is 0 Å². The van der Waals surface area contributed by atoms with E-state index in [1.54, 1.807) is 11.0 Å². The van der Waals surface area contributed by atoms with Crippen molar-refractivity contribution in [2.24, 2.45) is 0 Å². The molecule has 10 nitrogen and oxygen atoms in total. The van der Waals surface area contributed by atoms with E-state index in [0.717, 1.165) is 30.6 Å². The average Bonchev–Trinajstić information content (AvgIpc) is 3.47. The highest BCUT2D eigenvalue weighted by atomic mass is 16.4. The number of nitrogens with zero attached hydrogens (tertiary/aromatic N) is 3. The van der Waals surface area contributed by atoms with Crippen LogP contribution in [-0.2, 0) is 22.7 Å². The fourth-order valence-corrected chi connectivity index (χ4v) is 4.25. The first-order valence-corrected chi connectivity index (χ1v) is 10.1. The molecular formula is C20H22N6O4. The van der Waals surface area contributed by atoms with Gasteiger partial charge in [0.2, 0.25) is 17.7 Å². The van der Waals surface area contributed by atoms with Crippen molar-refractivity contribution in [3.05, 3.63) is 40.8 Å². The van der Waals surface area contributed by atoms with Gasteiger partial charge in [0.05, 0.1) is 5.92 Å². The number of carbonyl (C=O) groups excluding carboxylic acids is 3. The van der Waals surface area contributed by atoms with Crippen LogP contribution in [0.1, 0.15) is 52.6 Å². The van der Waals surface area contributed by atoms with Crippen molar-refractivity contribution in [1.82, 2.24) is 25.7 Å². The van der Waals surface area contributed by atoms with Gasteiger partial charge >= 0.3 is 6.01 Å². The third kappa shape index (κ3) is 3.43. The van der Waals surface area contributed by atoms with Crippen molar-refractivity contribution >= 4 is 23.7 Å². The molecule has 0 radical (unpaired) electrons. The zero-order chi connectivity index (χ0) is 20.7. The highest BCUT2D eigenvalue weighted by molar-refractivity contribution is 6.05. The highest BCUT2D eigenvalue weighted by Crippen LogP contribution is 2.28.